The molecule has 0 aliphatic rings. The van der Waals surface area contributed by atoms with E-state index >= 15 is 0 Å². The number of amides is 1. The number of aromatic nitrogens is 5. The van der Waals surface area contributed by atoms with Gasteiger partial charge in [-0.05, 0) is 50.5 Å². The highest BCUT2D eigenvalue weighted by Crippen LogP contribution is 2.20. The molecule has 0 saturated heterocycles. The Hall–Kier alpha value is -4.41. The van der Waals surface area contributed by atoms with Crippen molar-refractivity contribution < 1.29 is 14.1 Å². The van der Waals surface area contributed by atoms with Crippen LogP contribution in [0.15, 0.2) is 54.6 Å². The van der Waals surface area contributed by atoms with Crippen molar-refractivity contribution in [2.24, 2.45) is 0 Å². The number of aryl methyl sites for hydroxylation is 1. The highest BCUT2D eigenvalue weighted by molar-refractivity contribution is 5.93. The summed E-state index contributed by atoms with van der Waals surface area (Å²) >= 11 is 0. The number of carbonyl (C=O) groups is 1. The van der Waals surface area contributed by atoms with Gasteiger partial charge in [-0.25, -0.2) is 9.07 Å². The number of carbonyl (C=O) groups excluding carboxylic acids is 1. The molecule has 0 saturated carbocycles. The molecular weight excluding hydrogens is 465 g/mol. The van der Waals surface area contributed by atoms with Crippen LogP contribution < -0.4 is 0 Å². The maximum absolute atomic E-state index is 13.4. The van der Waals surface area contributed by atoms with E-state index in [0.29, 0.717) is 23.6 Å². The summed E-state index contributed by atoms with van der Waals surface area (Å²) in [6, 6.07) is 14.3. The number of nitrogens with zero attached hydrogens (tertiary/aromatic N) is 6. The van der Waals surface area contributed by atoms with E-state index in [1.807, 2.05) is 12.1 Å². The summed E-state index contributed by atoms with van der Waals surface area (Å²) in [6.07, 6.45) is 3.43. The SMILES string of the molecule is Cc1c(C(=O)N(C)CCCCCc2cc(-c3cccc(F)c3)n[nH]2)nnn1-c1cccc([N+](=O)[O-])c1. The zero-order valence-corrected chi connectivity index (χ0v) is 20.0. The van der Waals surface area contributed by atoms with Gasteiger partial charge in [0.05, 0.1) is 22.0 Å². The maximum atomic E-state index is 13.4. The lowest BCUT2D eigenvalue weighted by Crippen LogP contribution is -2.28. The van der Waals surface area contributed by atoms with Gasteiger partial charge in [-0.1, -0.05) is 29.8 Å². The van der Waals surface area contributed by atoms with Gasteiger partial charge in [0.25, 0.3) is 11.6 Å². The molecule has 36 heavy (non-hydrogen) atoms. The van der Waals surface area contributed by atoms with Crippen LogP contribution in [0.3, 0.4) is 0 Å². The van der Waals surface area contributed by atoms with Crippen molar-refractivity contribution >= 4 is 11.6 Å². The van der Waals surface area contributed by atoms with Crippen molar-refractivity contribution in [1.82, 2.24) is 30.1 Å². The third kappa shape index (κ3) is 5.62. The van der Waals surface area contributed by atoms with E-state index in [0.717, 1.165) is 36.9 Å². The second-order valence-corrected chi connectivity index (χ2v) is 8.54. The zero-order chi connectivity index (χ0) is 25.7. The minimum atomic E-state index is -0.481. The maximum Gasteiger partial charge on any atom is 0.276 e. The van der Waals surface area contributed by atoms with Crippen molar-refractivity contribution in [3.8, 4) is 16.9 Å². The molecule has 0 bridgehead atoms. The molecule has 0 fully saturated rings. The number of hydrogen-bond acceptors (Lipinski definition) is 6. The van der Waals surface area contributed by atoms with Crippen LogP contribution in [0.2, 0.25) is 0 Å². The number of rotatable bonds is 10. The molecule has 2 aromatic carbocycles. The quantitative estimate of drug-likeness (QED) is 0.198. The molecule has 4 aromatic rings. The van der Waals surface area contributed by atoms with Crippen LogP contribution in [0.5, 0.6) is 0 Å². The number of benzene rings is 2. The first-order valence-corrected chi connectivity index (χ1v) is 11.6. The summed E-state index contributed by atoms with van der Waals surface area (Å²) in [4.78, 5) is 25.1. The lowest BCUT2D eigenvalue weighted by Gasteiger charge is -2.16. The van der Waals surface area contributed by atoms with E-state index in [-0.39, 0.29) is 23.1 Å². The van der Waals surface area contributed by atoms with Gasteiger partial charge in [0.2, 0.25) is 0 Å². The fourth-order valence-corrected chi connectivity index (χ4v) is 3.92. The second-order valence-electron chi connectivity index (χ2n) is 8.54. The number of non-ortho nitro benzene ring substituents is 1. The first-order valence-electron chi connectivity index (χ1n) is 11.6. The van der Waals surface area contributed by atoms with Crippen molar-refractivity contribution in [3.63, 3.8) is 0 Å². The van der Waals surface area contributed by atoms with Crippen LogP contribution in [0.4, 0.5) is 10.1 Å². The van der Waals surface area contributed by atoms with Gasteiger partial charge in [0, 0.05) is 37.0 Å². The molecule has 0 aliphatic carbocycles. The van der Waals surface area contributed by atoms with Crippen LogP contribution in [-0.2, 0) is 6.42 Å². The van der Waals surface area contributed by atoms with Crippen LogP contribution in [-0.4, -0.2) is 54.5 Å². The second kappa shape index (κ2) is 10.9. The Morgan fingerprint density at radius 1 is 1.14 bits per heavy atom. The summed E-state index contributed by atoms with van der Waals surface area (Å²) in [7, 11) is 1.72. The minimum absolute atomic E-state index is 0.0623. The van der Waals surface area contributed by atoms with Gasteiger partial charge in [0.1, 0.15) is 5.82 Å². The van der Waals surface area contributed by atoms with Gasteiger partial charge in [-0.3, -0.25) is 20.0 Å². The first-order chi connectivity index (χ1) is 17.3. The van der Waals surface area contributed by atoms with Crippen LogP contribution in [0.25, 0.3) is 16.9 Å². The molecule has 0 spiro atoms. The monoisotopic (exact) mass is 491 g/mol. The molecule has 0 radical (unpaired) electrons. The van der Waals surface area contributed by atoms with Crippen molar-refractivity contribution in [2.75, 3.05) is 13.6 Å². The molecule has 2 aromatic heterocycles. The fourth-order valence-electron chi connectivity index (χ4n) is 3.92. The molecule has 1 N–H and O–H groups in total. The van der Waals surface area contributed by atoms with Crippen LogP contribution in [0.1, 0.15) is 41.1 Å². The van der Waals surface area contributed by atoms with Crippen molar-refractivity contribution in [2.45, 2.75) is 32.6 Å². The Bertz CT molecular complexity index is 1380. The predicted molar refractivity (Wildman–Crippen MR) is 131 cm³/mol. The van der Waals surface area contributed by atoms with E-state index in [1.54, 1.807) is 37.1 Å². The molecule has 0 unspecified atom stereocenters. The van der Waals surface area contributed by atoms with Gasteiger partial charge >= 0.3 is 0 Å². The van der Waals surface area contributed by atoms with Gasteiger partial charge in [-0.2, -0.15) is 5.10 Å². The number of nitro benzene ring substituents is 1. The highest BCUT2D eigenvalue weighted by atomic mass is 19.1. The Morgan fingerprint density at radius 2 is 1.94 bits per heavy atom. The lowest BCUT2D eigenvalue weighted by molar-refractivity contribution is -0.384. The van der Waals surface area contributed by atoms with Crippen molar-refractivity contribution in [3.05, 3.63) is 87.6 Å². The molecule has 4 rings (SSSR count). The average molecular weight is 492 g/mol. The Kier molecular flexibility index (Phi) is 7.47. The molecular formula is C25H26FN7O3. The third-order valence-electron chi connectivity index (χ3n) is 5.92. The van der Waals surface area contributed by atoms with Gasteiger partial charge in [0.15, 0.2) is 5.69 Å². The van der Waals surface area contributed by atoms with Gasteiger partial charge in [-0.15, -0.1) is 5.10 Å². The van der Waals surface area contributed by atoms with E-state index in [9.17, 15) is 19.3 Å². The average Bonchev–Trinajstić information content (AvgIpc) is 3.50. The summed E-state index contributed by atoms with van der Waals surface area (Å²) in [6.45, 7) is 2.27. The summed E-state index contributed by atoms with van der Waals surface area (Å²) in [5, 5.41) is 26.4. The largest absolute Gasteiger partial charge is 0.340 e. The molecule has 0 atom stereocenters. The summed E-state index contributed by atoms with van der Waals surface area (Å²) < 4.78 is 14.8. The summed E-state index contributed by atoms with van der Waals surface area (Å²) in [5.74, 6) is -0.546. The number of nitrogens with one attached hydrogen (secondary N) is 1. The first kappa shape index (κ1) is 24.7. The number of hydrogen-bond donors (Lipinski definition) is 1. The predicted octanol–water partition coefficient (Wildman–Crippen LogP) is 4.50. The number of nitro groups is 1. The smallest absolute Gasteiger partial charge is 0.276 e. The molecule has 186 valence electrons. The number of H-pyrrole nitrogens is 1. The molecule has 10 nitrogen and oxygen atoms in total. The lowest BCUT2D eigenvalue weighted by atomic mass is 10.1. The Morgan fingerprint density at radius 3 is 2.72 bits per heavy atom. The van der Waals surface area contributed by atoms with Gasteiger partial charge < -0.3 is 4.90 Å². The topological polar surface area (TPSA) is 123 Å². The minimum Gasteiger partial charge on any atom is -0.340 e. The van der Waals surface area contributed by atoms with E-state index in [4.69, 9.17) is 0 Å². The molecule has 1 amide bonds. The molecule has 2 heterocycles. The number of unbranched alkanes of at least 4 members (excludes halogenated alkanes) is 2. The fraction of sp³-hybridized carbons (Fsp3) is 0.280. The Balaban J connectivity index is 1.27. The normalized spacial score (nSPS) is 11.0. The van der Waals surface area contributed by atoms with E-state index in [1.165, 1.54) is 28.9 Å². The van der Waals surface area contributed by atoms with Crippen LogP contribution >= 0.6 is 0 Å². The van der Waals surface area contributed by atoms with E-state index in [2.05, 4.69) is 20.5 Å². The zero-order valence-electron chi connectivity index (χ0n) is 20.0. The van der Waals surface area contributed by atoms with E-state index < -0.39 is 4.92 Å². The number of halogens is 1. The molecule has 11 heteroatoms. The Labute approximate surface area is 206 Å². The summed E-state index contributed by atoms with van der Waals surface area (Å²) in [5.41, 5.74) is 3.56. The standard InChI is InChI=1S/C25H26FN7O3/c1-17-24(29-30-32(17)21-11-7-12-22(16-21)33(35)36)25(34)31(2)13-5-3-4-10-20-15-23(28-27-20)18-8-6-9-19(26)14-18/h6-9,11-12,14-16H,3-5,10,13H2,1-2H3,(H,27,28). The molecule has 0 aliphatic heterocycles. The van der Waals surface area contributed by atoms with Crippen LogP contribution in [0, 0.1) is 22.9 Å². The highest BCUT2D eigenvalue weighted by Gasteiger charge is 2.21. The third-order valence-corrected chi connectivity index (χ3v) is 5.92. The number of aromatic amines is 1. The van der Waals surface area contributed by atoms with Crippen molar-refractivity contribution in [1.29, 1.82) is 0 Å².